The second-order valence-electron chi connectivity index (χ2n) is 25.6. The molecule has 16 aromatic rings. The van der Waals surface area contributed by atoms with Crippen molar-refractivity contribution in [2.75, 3.05) is 9.80 Å². The first-order valence-electron chi connectivity index (χ1n) is 38.7. The number of hydrogen-bond donors (Lipinski definition) is 0. The predicted octanol–water partition coefficient (Wildman–Crippen LogP) is 25.9. The Morgan fingerprint density at radius 3 is 0.960 bits per heavy atom. The molecule has 100 heavy (non-hydrogen) atoms. The Bertz CT molecular complexity index is 5990. The molecule has 0 saturated heterocycles. The van der Waals surface area contributed by atoms with E-state index in [4.69, 9.17) is 2.74 Å². The van der Waals surface area contributed by atoms with Gasteiger partial charge in [0.25, 0.3) is 0 Å². The van der Waals surface area contributed by atoms with Crippen LogP contribution >= 0.6 is 0 Å². The van der Waals surface area contributed by atoms with Gasteiger partial charge in [-0.1, -0.05) is 341 Å². The van der Waals surface area contributed by atoms with Gasteiger partial charge in [-0.2, -0.15) is 0 Å². The zero-order valence-electron chi connectivity index (χ0n) is 64.5. The third kappa shape index (κ3) is 9.55. The van der Waals surface area contributed by atoms with Gasteiger partial charge in [0.15, 0.2) is 0 Å². The van der Waals surface area contributed by atoms with Gasteiger partial charge in [-0.15, -0.1) is 0 Å². The smallest absolute Gasteiger partial charge is 0.0714 e. The van der Waals surface area contributed by atoms with Gasteiger partial charge < -0.3 is 9.80 Å². The van der Waals surface area contributed by atoms with Gasteiger partial charge in [0.1, 0.15) is 0 Å². The number of fused-ring (bicyclic) bond motifs is 8. The molecule has 0 radical (unpaired) electrons. The van der Waals surface area contributed by atoms with Crippen molar-refractivity contribution in [2.24, 2.45) is 0 Å². The van der Waals surface area contributed by atoms with E-state index in [9.17, 15) is 11.0 Å². The number of nitrogens with zero attached hydrogens (tertiary/aromatic N) is 2. The second kappa shape index (κ2) is 24.6. The van der Waals surface area contributed by atoms with E-state index in [1.165, 1.54) is 0 Å². The molecular weight excluding hydrogens is 1210 g/mol. The number of hydrogen-bond acceptors (Lipinski definition) is 2. The molecular formula is C98H68N2. The molecule has 2 aliphatic carbocycles. The number of benzene rings is 16. The summed E-state index contributed by atoms with van der Waals surface area (Å²) in [5, 5.41) is 3.86. The number of anilines is 6. The minimum Gasteiger partial charge on any atom is -0.310 e. The van der Waals surface area contributed by atoms with E-state index in [1.807, 2.05) is 121 Å². The summed E-state index contributed by atoms with van der Waals surface area (Å²) < 4.78 is 93.9. The fraction of sp³-hybridized carbons (Fsp3) is 0.0204. The largest absolute Gasteiger partial charge is 0.310 e. The molecule has 0 spiro atoms. The summed E-state index contributed by atoms with van der Waals surface area (Å²) >= 11 is 0. The van der Waals surface area contributed by atoms with Crippen LogP contribution in [0, 0.1) is 0 Å². The van der Waals surface area contributed by atoms with E-state index in [1.54, 1.807) is 12.2 Å². The Morgan fingerprint density at radius 1 is 0.250 bits per heavy atom. The lowest BCUT2D eigenvalue weighted by molar-refractivity contribution is 0.768. The van der Waals surface area contributed by atoms with Gasteiger partial charge in [-0.05, 0) is 183 Å². The fourth-order valence-electron chi connectivity index (χ4n) is 16.0. The lowest BCUT2D eigenvalue weighted by atomic mass is 9.67. The van der Waals surface area contributed by atoms with Crippen LogP contribution < -0.4 is 9.80 Å². The van der Waals surface area contributed by atoms with Gasteiger partial charge in [-0.25, -0.2) is 0 Å². The van der Waals surface area contributed by atoms with Gasteiger partial charge in [0.05, 0.1) is 35.9 Å². The van der Waals surface area contributed by atoms with Crippen molar-refractivity contribution in [2.45, 2.75) is 10.8 Å². The molecule has 18 rings (SSSR count). The van der Waals surface area contributed by atoms with E-state index in [0.29, 0.717) is 0 Å². The molecule has 2 nitrogen and oxygen atoms in total. The summed E-state index contributed by atoms with van der Waals surface area (Å²) in [7, 11) is 0. The standard InChI is InChI=1S/C98H68N2/c1-3-67-41-49-75(50-42-67)97(73-29-13-7-14-30-73)91-39-23-21-35-85(91)87-59-57-79(65-93(87)97)99(77-53-45-71(46-54-77)69-25-9-5-10-26-69)95-63-61-83(81-33-17-19-37-89(81)95)84-62-64-96(90-38-20-18-34-82(84)90)100(78-55-47-72(48-56-78)70-27-11-6-12-28-70)80-58-60-88-86-36-22-24-40-92(86)98(94(88)66-80,74-31-15-8-16-32-74)76-51-43-68(4-2)44-52-76/h3-66H,1-2H2/i7D,8D,13D,14D,15D,16D,29D,30D,31D,32D. The molecule has 0 N–H and O–H groups in total. The molecule has 0 amide bonds. The minimum absolute atomic E-state index is 0.160. The molecule has 2 unspecified atom stereocenters. The van der Waals surface area contributed by atoms with Crippen LogP contribution in [0.15, 0.2) is 389 Å². The predicted molar refractivity (Wildman–Crippen MR) is 422 cm³/mol. The van der Waals surface area contributed by atoms with Crippen LogP contribution in [0.25, 0.3) is 89.3 Å². The highest BCUT2D eigenvalue weighted by Gasteiger charge is 2.48. The third-order valence-electron chi connectivity index (χ3n) is 20.5. The topological polar surface area (TPSA) is 6.48 Å². The maximum Gasteiger partial charge on any atom is 0.0714 e. The maximum absolute atomic E-state index is 9.83. The van der Waals surface area contributed by atoms with E-state index < -0.39 is 47.1 Å². The van der Waals surface area contributed by atoms with Crippen molar-refractivity contribution in [1.29, 1.82) is 0 Å². The molecule has 0 fully saturated rings. The summed E-state index contributed by atoms with van der Waals surface area (Å²) in [6.45, 7) is 8.12. The Labute approximate surface area is 599 Å². The zero-order chi connectivity index (χ0) is 75.4. The highest BCUT2D eigenvalue weighted by Crippen LogP contribution is 2.60. The van der Waals surface area contributed by atoms with Crippen molar-refractivity contribution >= 4 is 67.8 Å². The van der Waals surface area contributed by atoms with Gasteiger partial charge in [0.2, 0.25) is 0 Å². The monoisotopic (exact) mass is 1280 g/mol. The van der Waals surface area contributed by atoms with E-state index in [-0.39, 0.29) is 35.3 Å². The first-order valence-corrected chi connectivity index (χ1v) is 33.7. The van der Waals surface area contributed by atoms with Crippen LogP contribution in [0.4, 0.5) is 34.1 Å². The molecule has 16 aromatic carbocycles. The quantitative estimate of drug-likeness (QED) is 0.101. The fourth-order valence-corrected chi connectivity index (χ4v) is 16.0. The first-order chi connectivity index (χ1) is 53.6. The van der Waals surface area contributed by atoms with E-state index >= 15 is 0 Å². The van der Waals surface area contributed by atoms with Crippen LogP contribution in [-0.2, 0) is 10.8 Å². The molecule has 0 saturated carbocycles. The lowest BCUT2D eigenvalue weighted by Crippen LogP contribution is -2.28. The summed E-state index contributed by atoms with van der Waals surface area (Å²) in [6, 6.07) is 105. The Kier molecular flexibility index (Phi) is 12.2. The van der Waals surface area contributed by atoms with Crippen LogP contribution in [0.1, 0.15) is 69.3 Å². The molecule has 0 heterocycles. The van der Waals surface area contributed by atoms with Gasteiger partial charge in [-0.3, -0.25) is 0 Å². The van der Waals surface area contributed by atoms with Crippen molar-refractivity contribution in [3.63, 3.8) is 0 Å². The molecule has 470 valence electrons. The van der Waals surface area contributed by atoms with Crippen LogP contribution in [-0.4, -0.2) is 0 Å². The molecule has 2 atom stereocenters. The highest BCUT2D eigenvalue weighted by molar-refractivity contribution is 6.13. The first kappa shape index (κ1) is 49.6. The molecule has 0 aromatic heterocycles. The van der Waals surface area contributed by atoms with E-state index in [2.05, 4.69) is 217 Å². The van der Waals surface area contributed by atoms with Crippen molar-refractivity contribution in [1.82, 2.24) is 0 Å². The SMILES string of the molecule is [2H]c1c([2H])c([2H])c(C2(c3ccc(C=C)cc3)c3ccccc3-c3ccc(N(c4ccc(-c5ccccc5)cc4)c4ccc(-c5ccc(N(c6ccc(-c7ccccc7)cc6)c6ccc7c(c6)C(c6ccc(C=C)cc6)(c6c([2H])c([2H])c([2H])c([2H])c6[2H])c6ccccc6-7)c6ccccc56)c5ccccc45)cc32)c([2H])c1[2H]. The average Bonchev–Trinajstić information content (AvgIpc) is 1.51. The van der Waals surface area contributed by atoms with Gasteiger partial charge in [0, 0.05) is 33.5 Å². The summed E-state index contributed by atoms with van der Waals surface area (Å²) in [6.07, 6.45) is 3.55. The Morgan fingerprint density at radius 2 is 0.570 bits per heavy atom. The second-order valence-corrected chi connectivity index (χ2v) is 25.6. The zero-order valence-corrected chi connectivity index (χ0v) is 54.5. The summed E-state index contributed by atoms with van der Waals surface area (Å²) in [5.74, 6) is 0. The number of rotatable bonds is 15. The minimum atomic E-state index is -1.40. The molecule has 0 bridgehead atoms. The normalized spacial score (nSPS) is 16.2. The molecule has 2 heteroatoms. The van der Waals surface area contributed by atoms with Crippen LogP contribution in [0.3, 0.4) is 0 Å². The van der Waals surface area contributed by atoms with E-state index in [0.717, 1.165) is 156 Å². The van der Waals surface area contributed by atoms with Crippen molar-refractivity contribution in [3.8, 4) is 55.6 Å². The third-order valence-corrected chi connectivity index (χ3v) is 20.5. The van der Waals surface area contributed by atoms with Crippen LogP contribution in [0.2, 0.25) is 0 Å². The van der Waals surface area contributed by atoms with Crippen molar-refractivity contribution in [3.05, 3.63) is 445 Å². The Balaban J connectivity index is 0.845. The van der Waals surface area contributed by atoms with Gasteiger partial charge >= 0.3 is 0 Å². The summed E-state index contributed by atoms with van der Waals surface area (Å²) in [4.78, 5) is 4.55. The maximum atomic E-state index is 9.83. The lowest BCUT2D eigenvalue weighted by Gasteiger charge is -2.35. The molecule has 2 aliphatic rings. The Hall–Kier alpha value is -12.9. The van der Waals surface area contributed by atoms with Crippen molar-refractivity contribution < 1.29 is 13.7 Å². The van der Waals surface area contributed by atoms with Crippen LogP contribution in [0.5, 0.6) is 0 Å². The highest BCUT2D eigenvalue weighted by atomic mass is 15.2. The summed E-state index contributed by atoms with van der Waals surface area (Å²) in [5.41, 5.74) is 18.6. The molecule has 0 aliphatic heterocycles. The average molecular weight is 1280 g/mol.